The summed E-state index contributed by atoms with van der Waals surface area (Å²) >= 11 is 0. The van der Waals surface area contributed by atoms with Gasteiger partial charge in [-0.2, -0.15) is 4.31 Å². The number of rotatable bonds is 7. The lowest BCUT2D eigenvalue weighted by atomic mass is 10.2. The Bertz CT molecular complexity index is 984. The van der Waals surface area contributed by atoms with Crippen LogP contribution in [-0.2, 0) is 10.0 Å². The van der Waals surface area contributed by atoms with Gasteiger partial charge in [0, 0.05) is 37.4 Å². The van der Waals surface area contributed by atoms with Gasteiger partial charge in [-0.05, 0) is 49.2 Å². The largest absolute Gasteiger partial charge is 0.369 e. The van der Waals surface area contributed by atoms with Crippen molar-refractivity contribution in [1.29, 1.82) is 0 Å². The highest BCUT2D eigenvalue weighted by molar-refractivity contribution is 7.89. The Morgan fingerprint density at radius 3 is 2.41 bits per heavy atom. The number of sulfonamides is 1. The lowest BCUT2D eigenvalue weighted by molar-refractivity contribution is 0.102. The van der Waals surface area contributed by atoms with Gasteiger partial charge < -0.3 is 10.2 Å². The van der Waals surface area contributed by atoms with Gasteiger partial charge in [0.25, 0.3) is 5.91 Å². The normalized spacial score (nSPS) is 14.4. The predicted octanol–water partition coefficient (Wildman–Crippen LogP) is 3.71. The second-order valence-electron chi connectivity index (χ2n) is 6.93. The summed E-state index contributed by atoms with van der Waals surface area (Å²) in [5, 5.41) is 2.65. The highest BCUT2D eigenvalue weighted by Crippen LogP contribution is 2.26. The maximum Gasteiger partial charge on any atom is 0.255 e. The smallest absolute Gasteiger partial charge is 0.255 e. The van der Waals surface area contributed by atoms with E-state index < -0.39 is 15.9 Å². The Hall–Kier alpha value is -2.45. The molecule has 0 bridgehead atoms. The zero-order valence-electron chi connectivity index (χ0n) is 16.7. The summed E-state index contributed by atoms with van der Waals surface area (Å²) in [5.41, 5.74) is 1.06. The maximum atomic E-state index is 14.5. The van der Waals surface area contributed by atoms with Gasteiger partial charge in [0.2, 0.25) is 10.0 Å². The van der Waals surface area contributed by atoms with E-state index >= 15 is 0 Å². The van der Waals surface area contributed by atoms with Gasteiger partial charge in [0.1, 0.15) is 5.82 Å². The molecule has 29 heavy (non-hydrogen) atoms. The highest BCUT2D eigenvalue weighted by Gasteiger charge is 2.23. The number of hydrogen-bond donors (Lipinski definition) is 1. The third kappa shape index (κ3) is 4.59. The summed E-state index contributed by atoms with van der Waals surface area (Å²) < 4.78 is 41.1. The second-order valence-corrected chi connectivity index (χ2v) is 8.87. The third-order valence-corrected chi connectivity index (χ3v) is 7.14. The van der Waals surface area contributed by atoms with Gasteiger partial charge in [0.05, 0.1) is 10.6 Å². The van der Waals surface area contributed by atoms with Gasteiger partial charge in [-0.15, -0.1) is 0 Å². The minimum absolute atomic E-state index is 0.0596. The van der Waals surface area contributed by atoms with Crippen LogP contribution in [0.5, 0.6) is 0 Å². The molecule has 2 aromatic carbocycles. The number of nitrogens with zero attached hydrogens (tertiary/aromatic N) is 2. The zero-order valence-corrected chi connectivity index (χ0v) is 17.5. The molecule has 0 radical (unpaired) electrons. The summed E-state index contributed by atoms with van der Waals surface area (Å²) in [6.07, 6.45) is 2.09. The van der Waals surface area contributed by atoms with Crippen molar-refractivity contribution < 1.29 is 17.6 Å². The molecule has 1 saturated heterocycles. The standard InChI is InChI=1S/C21H26FN3O3S/c1-3-25(4-2)29(27,28)18-9-7-8-16(14-18)21(26)23-17-10-11-20(19(22)15-17)24-12-5-6-13-24/h7-11,14-15H,3-6,12-13H2,1-2H3,(H,23,26). The molecule has 1 aliphatic heterocycles. The highest BCUT2D eigenvalue weighted by atomic mass is 32.2. The van der Waals surface area contributed by atoms with E-state index in [1.165, 1.54) is 34.6 Å². The molecule has 8 heteroatoms. The number of nitrogens with one attached hydrogen (secondary N) is 1. The minimum Gasteiger partial charge on any atom is -0.369 e. The van der Waals surface area contributed by atoms with Gasteiger partial charge in [0.15, 0.2) is 0 Å². The van der Waals surface area contributed by atoms with Gasteiger partial charge >= 0.3 is 0 Å². The van der Waals surface area contributed by atoms with E-state index in [9.17, 15) is 17.6 Å². The number of amides is 1. The lowest BCUT2D eigenvalue weighted by Gasteiger charge is -2.19. The monoisotopic (exact) mass is 419 g/mol. The molecule has 0 unspecified atom stereocenters. The Kier molecular flexibility index (Phi) is 6.54. The topological polar surface area (TPSA) is 69.7 Å². The van der Waals surface area contributed by atoms with Crippen LogP contribution >= 0.6 is 0 Å². The molecule has 0 atom stereocenters. The van der Waals surface area contributed by atoms with Crippen LogP contribution in [0.2, 0.25) is 0 Å². The maximum absolute atomic E-state index is 14.5. The quantitative estimate of drug-likeness (QED) is 0.743. The number of hydrogen-bond acceptors (Lipinski definition) is 4. The second kappa shape index (κ2) is 8.92. The first kappa shape index (κ1) is 21.3. The average molecular weight is 420 g/mol. The van der Waals surface area contributed by atoms with Crippen LogP contribution < -0.4 is 10.2 Å². The van der Waals surface area contributed by atoms with Gasteiger partial charge in [-0.3, -0.25) is 4.79 Å². The Balaban J connectivity index is 1.78. The molecule has 0 aliphatic carbocycles. The van der Waals surface area contributed by atoms with Crippen LogP contribution in [0.3, 0.4) is 0 Å². The van der Waals surface area contributed by atoms with Crippen LogP contribution in [0, 0.1) is 5.82 Å². The van der Waals surface area contributed by atoms with E-state index in [1.54, 1.807) is 26.0 Å². The van der Waals surface area contributed by atoms with Crippen molar-refractivity contribution in [2.45, 2.75) is 31.6 Å². The summed E-state index contributed by atoms with van der Waals surface area (Å²) in [5.74, 6) is -0.877. The number of anilines is 2. The fourth-order valence-electron chi connectivity index (χ4n) is 3.51. The molecule has 2 aromatic rings. The van der Waals surface area contributed by atoms with Crippen LogP contribution in [0.1, 0.15) is 37.0 Å². The number of carbonyl (C=O) groups is 1. The van der Waals surface area contributed by atoms with Crippen LogP contribution in [0.4, 0.5) is 15.8 Å². The number of halogens is 1. The van der Waals surface area contributed by atoms with Crippen molar-refractivity contribution in [3.05, 3.63) is 53.8 Å². The Morgan fingerprint density at radius 1 is 1.10 bits per heavy atom. The van der Waals surface area contributed by atoms with E-state index in [4.69, 9.17) is 0 Å². The zero-order chi connectivity index (χ0) is 21.0. The van der Waals surface area contributed by atoms with E-state index in [0.717, 1.165) is 25.9 Å². The molecular formula is C21H26FN3O3S. The number of benzene rings is 2. The van der Waals surface area contributed by atoms with Gasteiger partial charge in [-0.1, -0.05) is 19.9 Å². The minimum atomic E-state index is -3.66. The molecule has 1 fully saturated rings. The van der Waals surface area contributed by atoms with Gasteiger partial charge in [-0.25, -0.2) is 12.8 Å². The first-order chi connectivity index (χ1) is 13.9. The molecule has 156 valence electrons. The molecule has 0 saturated carbocycles. The molecule has 0 aromatic heterocycles. The molecular weight excluding hydrogens is 393 g/mol. The SMILES string of the molecule is CCN(CC)S(=O)(=O)c1cccc(C(=O)Nc2ccc(N3CCCC3)c(F)c2)c1. The summed E-state index contributed by atoms with van der Waals surface area (Å²) in [4.78, 5) is 14.7. The molecule has 1 N–H and O–H groups in total. The lowest BCUT2D eigenvalue weighted by Crippen LogP contribution is -2.30. The molecule has 1 aliphatic rings. The molecule has 1 amide bonds. The fourth-order valence-corrected chi connectivity index (χ4v) is 5.02. The first-order valence-corrected chi connectivity index (χ1v) is 11.3. The van der Waals surface area contributed by atoms with Crippen LogP contribution in [0.25, 0.3) is 0 Å². The molecule has 1 heterocycles. The van der Waals surface area contributed by atoms with E-state index in [1.807, 2.05) is 4.90 Å². The third-order valence-electron chi connectivity index (χ3n) is 5.09. The van der Waals surface area contributed by atoms with E-state index in [0.29, 0.717) is 24.5 Å². The van der Waals surface area contributed by atoms with Crippen LogP contribution in [0.15, 0.2) is 47.4 Å². The summed E-state index contributed by atoms with van der Waals surface area (Å²) in [7, 11) is -3.66. The number of carbonyl (C=O) groups excluding carboxylic acids is 1. The van der Waals surface area contributed by atoms with Crippen molar-refractivity contribution in [1.82, 2.24) is 4.31 Å². The van der Waals surface area contributed by atoms with Crippen molar-refractivity contribution in [2.24, 2.45) is 0 Å². The average Bonchev–Trinajstić information content (AvgIpc) is 3.23. The van der Waals surface area contributed by atoms with Crippen molar-refractivity contribution in [3.63, 3.8) is 0 Å². The summed E-state index contributed by atoms with van der Waals surface area (Å²) in [6.45, 7) is 5.87. The fraction of sp³-hybridized carbons (Fsp3) is 0.381. The van der Waals surface area contributed by atoms with Crippen LogP contribution in [-0.4, -0.2) is 44.8 Å². The van der Waals surface area contributed by atoms with Crippen molar-refractivity contribution in [3.8, 4) is 0 Å². The molecule has 6 nitrogen and oxygen atoms in total. The van der Waals surface area contributed by atoms with Crippen molar-refractivity contribution >= 4 is 27.3 Å². The Morgan fingerprint density at radius 2 is 1.79 bits per heavy atom. The predicted molar refractivity (Wildman–Crippen MR) is 112 cm³/mol. The van der Waals surface area contributed by atoms with Crippen molar-refractivity contribution in [2.75, 3.05) is 36.4 Å². The van der Waals surface area contributed by atoms with E-state index in [-0.39, 0.29) is 16.3 Å². The Labute approximate surface area is 171 Å². The molecule has 3 rings (SSSR count). The summed E-state index contributed by atoms with van der Waals surface area (Å²) in [6, 6.07) is 10.5. The molecule has 0 spiro atoms. The van der Waals surface area contributed by atoms with E-state index in [2.05, 4.69) is 5.32 Å². The first-order valence-electron chi connectivity index (χ1n) is 9.83.